The maximum absolute atomic E-state index is 12.0. The van der Waals surface area contributed by atoms with Crippen LogP contribution >= 0.6 is 0 Å². The summed E-state index contributed by atoms with van der Waals surface area (Å²) >= 11 is 0. The van der Waals surface area contributed by atoms with Crippen LogP contribution in [0.2, 0.25) is 0 Å². The van der Waals surface area contributed by atoms with Crippen LogP contribution in [-0.4, -0.2) is 38.6 Å². The minimum atomic E-state index is -0.449. The van der Waals surface area contributed by atoms with Gasteiger partial charge in [0.1, 0.15) is 0 Å². The lowest BCUT2D eigenvalue weighted by Crippen LogP contribution is -2.45. The molecule has 0 atom stereocenters. The number of anilines is 1. The van der Waals surface area contributed by atoms with E-state index in [1.54, 1.807) is 4.90 Å². The first kappa shape index (κ1) is 14.4. The van der Waals surface area contributed by atoms with Gasteiger partial charge in [-0.2, -0.15) is 0 Å². The van der Waals surface area contributed by atoms with Crippen LogP contribution in [0.25, 0.3) is 0 Å². The van der Waals surface area contributed by atoms with Crippen LogP contribution in [0.3, 0.4) is 0 Å². The lowest BCUT2D eigenvalue weighted by molar-refractivity contribution is 0.288. The molecule has 0 saturated heterocycles. The molecular weight excluding hydrogens is 236 g/mol. The highest BCUT2D eigenvalue weighted by atomic mass is 16.3. The predicted octanol–water partition coefficient (Wildman–Crippen LogP) is -0.924. The molecular formula is C11H20N4O3. The van der Waals surface area contributed by atoms with Crippen molar-refractivity contribution in [1.29, 1.82) is 0 Å². The third kappa shape index (κ3) is 2.79. The van der Waals surface area contributed by atoms with Crippen LogP contribution in [0, 0.1) is 0 Å². The van der Waals surface area contributed by atoms with Gasteiger partial charge in [0, 0.05) is 33.3 Å². The third-order valence-electron chi connectivity index (χ3n) is 2.76. The van der Waals surface area contributed by atoms with Crippen molar-refractivity contribution >= 4 is 5.82 Å². The smallest absolute Gasteiger partial charge is 0.346 e. The first-order valence-electron chi connectivity index (χ1n) is 5.92. The van der Waals surface area contributed by atoms with E-state index in [1.165, 1.54) is 14.1 Å². The van der Waals surface area contributed by atoms with Crippen LogP contribution in [-0.2, 0) is 14.1 Å². The molecule has 7 heteroatoms. The second-order valence-corrected chi connectivity index (χ2v) is 4.46. The Balaban J connectivity index is 3.29. The number of rotatable bonds is 5. The normalized spacial score (nSPS) is 11.0. The molecule has 7 nitrogen and oxygen atoms in total. The van der Waals surface area contributed by atoms with E-state index in [2.05, 4.69) is 5.10 Å². The van der Waals surface area contributed by atoms with Crippen LogP contribution in [0.1, 0.15) is 20.3 Å². The van der Waals surface area contributed by atoms with Crippen LogP contribution in [0.15, 0.2) is 9.59 Å². The standard InChI is InChI=1S/C11H20N4O3/c1-8(2)15(6-5-7-16)9-10(17)13(3)11(18)14(4)12-9/h8,16H,5-7H2,1-4H3. The van der Waals surface area contributed by atoms with E-state index in [0.717, 1.165) is 9.25 Å². The Hall–Kier alpha value is -1.63. The van der Waals surface area contributed by atoms with Crippen molar-refractivity contribution in [2.45, 2.75) is 26.3 Å². The number of hydrogen-bond donors (Lipinski definition) is 1. The lowest BCUT2D eigenvalue weighted by Gasteiger charge is -2.27. The van der Waals surface area contributed by atoms with Gasteiger partial charge in [-0.1, -0.05) is 0 Å². The Morgan fingerprint density at radius 2 is 1.94 bits per heavy atom. The fraction of sp³-hybridized carbons (Fsp3) is 0.727. The molecule has 0 spiro atoms. The molecule has 0 aromatic carbocycles. The summed E-state index contributed by atoms with van der Waals surface area (Å²) in [5, 5.41) is 12.9. The van der Waals surface area contributed by atoms with E-state index >= 15 is 0 Å². The maximum Gasteiger partial charge on any atom is 0.346 e. The average Bonchev–Trinajstić information content (AvgIpc) is 2.32. The molecule has 1 rings (SSSR count). The summed E-state index contributed by atoms with van der Waals surface area (Å²) in [4.78, 5) is 25.4. The van der Waals surface area contributed by atoms with Crippen molar-refractivity contribution in [2.75, 3.05) is 18.1 Å². The second-order valence-electron chi connectivity index (χ2n) is 4.46. The van der Waals surface area contributed by atoms with Gasteiger partial charge in [-0.05, 0) is 20.3 Å². The summed E-state index contributed by atoms with van der Waals surface area (Å²) in [6.45, 7) is 4.44. The lowest BCUT2D eigenvalue weighted by atomic mass is 10.3. The molecule has 18 heavy (non-hydrogen) atoms. The molecule has 0 radical (unpaired) electrons. The van der Waals surface area contributed by atoms with E-state index in [9.17, 15) is 9.59 Å². The molecule has 0 amide bonds. The van der Waals surface area contributed by atoms with E-state index in [-0.39, 0.29) is 18.5 Å². The average molecular weight is 256 g/mol. The molecule has 1 heterocycles. The van der Waals surface area contributed by atoms with E-state index in [1.807, 2.05) is 13.8 Å². The Morgan fingerprint density at radius 1 is 1.33 bits per heavy atom. The zero-order valence-corrected chi connectivity index (χ0v) is 11.3. The minimum absolute atomic E-state index is 0.0509. The Bertz CT molecular complexity index is 518. The maximum atomic E-state index is 12.0. The quantitative estimate of drug-likeness (QED) is 0.736. The molecule has 0 saturated carbocycles. The van der Waals surface area contributed by atoms with Gasteiger partial charge in [0.25, 0.3) is 5.56 Å². The largest absolute Gasteiger partial charge is 0.396 e. The first-order chi connectivity index (χ1) is 8.40. The van der Waals surface area contributed by atoms with Gasteiger partial charge in [-0.15, -0.1) is 5.10 Å². The molecule has 0 aliphatic rings. The van der Waals surface area contributed by atoms with Gasteiger partial charge in [-0.3, -0.25) is 9.36 Å². The number of nitrogens with zero attached hydrogens (tertiary/aromatic N) is 4. The van der Waals surface area contributed by atoms with E-state index in [0.29, 0.717) is 13.0 Å². The summed E-state index contributed by atoms with van der Waals surface area (Å²) < 4.78 is 2.18. The summed E-state index contributed by atoms with van der Waals surface area (Å²) in [6, 6.07) is 0.0641. The predicted molar refractivity (Wildman–Crippen MR) is 68.9 cm³/mol. The molecule has 0 bridgehead atoms. The van der Waals surface area contributed by atoms with E-state index in [4.69, 9.17) is 5.11 Å². The summed E-state index contributed by atoms with van der Waals surface area (Å²) in [5.74, 6) is 0.239. The van der Waals surface area contributed by atoms with Gasteiger partial charge in [-0.25, -0.2) is 9.48 Å². The third-order valence-corrected chi connectivity index (χ3v) is 2.76. The van der Waals surface area contributed by atoms with Gasteiger partial charge in [0.2, 0.25) is 5.82 Å². The fourth-order valence-electron chi connectivity index (χ4n) is 1.71. The highest BCUT2D eigenvalue weighted by Crippen LogP contribution is 2.08. The van der Waals surface area contributed by atoms with Crippen LogP contribution < -0.4 is 16.1 Å². The van der Waals surface area contributed by atoms with Gasteiger partial charge in [0.05, 0.1) is 0 Å². The molecule has 0 fully saturated rings. The second kappa shape index (κ2) is 5.81. The van der Waals surface area contributed by atoms with Crippen molar-refractivity contribution in [3.8, 4) is 0 Å². The molecule has 1 N–H and O–H groups in total. The van der Waals surface area contributed by atoms with Crippen molar-refractivity contribution in [3.05, 3.63) is 20.8 Å². The summed E-state index contributed by atoms with van der Waals surface area (Å²) in [7, 11) is 2.94. The van der Waals surface area contributed by atoms with Crippen molar-refractivity contribution in [2.24, 2.45) is 14.1 Å². The summed E-state index contributed by atoms with van der Waals surface area (Å²) in [6.07, 6.45) is 0.547. The number of aromatic nitrogens is 3. The topological polar surface area (TPSA) is 80.4 Å². The highest BCUT2D eigenvalue weighted by Gasteiger charge is 2.18. The number of aryl methyl sites for hydroxylation is 1. The number of aliphatic hydroxyl groups excluding tert-OH is 1. The monoisotopic (exact) mass is 256 g/mol. The van der Waals surface area contributed by atoms with Crippen molar-refractivity contribution in [3.63, 3.8) is 0 Å². The zero-order valence-electron chi connectivity index (χ0n) is 11.3. The Morgan fingerprint density at radius 3 is 2.44 bits per heavy atom. The van der Waals surface area contributed by atoms with Gasteiger partial charge in [0.15, 0.2) is 0 Å². The molecule has 0 aliphatic heterocycles. The number of aliphatic hydroxyl groups is 1. The van der Waals surface area contributed by atoms with Gasteiger partial charge >= 0.3 is 5.69 Å². The van der Waals surface area contributed by atoms with Crippen LogP contribution in [0.5, 0.6) is 0 Å². The SMILES string of the molecule is CC(C)N(CCCO)c1nn(C)c(=O)n(C)c1=O. The van der Waals surface area contributed by atoms with Crippen molar-refractivity contribution < 1.29 is 5.11 Å². The zero-order chi connectivity index (χ0) is 13.9. The van der Waals surface area contributed by atoms with Gasteiger partial charge < -0.3 is 10.0 Å². The molecule has 1 aromatic heterocycles. The summed E-state index contributed by atoms with van der Waals surface area (Å²) in [5.41, 5.74) is -0.862. The van der Waals surface area contributed by atoms with Crippen molar-refractivity contribution in [1.82, 2.24) is 14.3 Å². The van der Waals surface area contributed by atoms with E-state index < -0.39 is 11.2 Å². The minimum Gasteiger partial charge on any atom is -0.396 e. The van der Waals surface area contributed by atoms with Crippen LogP contribution in [0.4, 0.5) is 5.82 Å². The molecule has 0 aliphatic carbocycles. The Labute approximate surface area is 105 Å². The first-order valence-corrected chi connectivity index (χ1v) is 5.92. The molecule has 1 aromatic rings. The molecule has 102 valence electrons. The fourth-order valence-corrected chi connectivity index (χ4v) is 1.71. The number of hydrogen-bond acceptors (Lipinski definition) is 5. The Kier molecular flexibility index (Phi) is 4.66. The highest BCUT2D eigenvalue weighted by molar-refractivity contribution is 5.35. The molecule has 0 unspecified atom stereocenters.